The fraction of sp³-hybridized carbons (Fsp3) is 0.714. The zero-order valence-corrected chi connectivity index (χ0v) is 11.9. The quantitative estimate of drug-likeness (QED) is 0.626. The molecule has 0 saturated heterocycles. The van der Waals surface area contributed by atoms with E-state index in [1.807, 2.05) is 0 Å². The van der Waals surface area contributed by atoms with E-state index in [2.05, 4.69) is 0 Å². The van der Waals surface area contributed by atoms with Crippen LogP contribution in [0.2, 0.25) is 0 Å². The standard InChI is InChI=1S/2C7H12O2/c2*1-3-6(8)5-7(9)4-2/h2*3-5H2,1-2H3. The summed E-state index contributed by atoms with van der Waals surface area (Å²) in [6.45, 7) is 7.08. The largest absolute Gasteiger partial charge is 0.299 e. The molecule has 0 rings (SSSR count). The molecule has 0 heterocycles. The molecule has 0 aliphatic heterocycles. The maximum absolute atomic E-state index is 10.6. The summed E-state index contributed by atoms with van der Waals surface area (Å²) in [6, 6.07) is 0. The van der Waals surface area contributed by atoms with E-state index in [9.17, 15) is 19.2 Å². The summed E-state index contributed by atoms with van der Waals surface area (Å²) in [5, 5.41) is 0. The number of hydrogen-bond donors (Lipinski definition) is 0. The molecule has 0 aliphatic carbocycles. The first kappa shape index (κ1) is 19.0. The Morgan fingerprint density at radius 2 is 0.667 bits per heavy atom. The summed E-state index contributed by atoms with van der Waals surface area (Å²) in [6.07, 6.45) is 2.18. The predicted octanol–water partition coefficient (Wildman–Crippen LogP) is 2.67. The predicted molar refractivity (Wildman–Crippen MR) is 70.4 cm³/mol. The number of ketones is 4. The number of carbonyl (C=O) groups is 4. The van der Waals surface area contributed by atoms with Crippen molar-refractivity contribution in [1.29, 1.82) is 0 Å². The van der Waals surface area contributed by atoms with Crippen molar-refractivity contribution in [1.82, 2.24) is 0 Å². The van der Waals surface area contributed by atoms with Crippen LogP contribution in [0.25, 0.3) is 0 Å². The van der Waals surface area contributed by atoms with Crippen LogP contribution in [-0.4, -0.2) is 23.1 Å². The molecule has 0 spiro atoms. The molecule has 4 heteroatoms. The Labute approximate surface area is 109 Å². The number of Topliss-reactive ketones (excluding diaryl/α,β-unsaturated/α-hetero) is 4. The van der Waals surface area contributed by atoms with Crippen LogP contribution < -0.4 is 0 Å². The normalized spacial score (nSPS) is 9.11. The Morgan fingerprint density at radius 1 is 0.500 bits per heavy atom. The third-order valence-electron chi connectivity index (χ3n) is 2.37. The van der Waals surface area contributed by atoms with Gasteiger partial charge in [0.15, 0.2) is 0 Å². The molecule has 18 heavy (non-hydrogen) atoms. The van der Waals surface area contributed by atoms with Gasteiger partial charge in [0.25, 0.3) is 0 Å². The van der Waals surface area contributed by atoms with Crippen LogP contribution in [-0.2, 0) is 19.2 Å². The van der Waals surface area contributed by atoms with Gasteiger partial charge in [0.1, 0.15) is 23.1 Å². The molecule has 0 amide bonds. The summed E-state index contributed by atoms with van der Waals surface area (Å²) >= 11 is 0. The summed E-state index contributed by atoms with van der Waals surface area (Å²) < 4.78 is 0. The molecule has 0 atom stereocenters. The Balaban J connectivity index is 0. The van der Waals surface area contributed by atoms with Crippen LogP contribution in [0, 0.1) is 0 Å². The Morgan fingerprint density at radius 3 is 0.778 bits per heavy atom. The second kappa shape index (κ2) is 12.1. The van der Waals surface area contributed by atoms with Crippen LogP contribution in [0.3, 0.4) is 0 Å². The monoisotopic (exact) mass is 256 g/mol. The minimum atomic E-state index is 0.0434. The molecular formula is C14H24O4. The van der Waals surface area contributed by atoms with Gasteiger partial charge in [0, 0.05) is 25.7 Å². The van der Waals surface area contributed by atoms with E-state index in [1.54, 1.807) is 27.7 Å². The highest BCUT2D eigenvalue weighted by Crippen LogP contribution is 1.93. The lowest BCUT2D eigenvalue weighted by Gasteiger charge is -1.91. The average molecular weight is 256 g/mol. The van der Waals surface area contributed by atoms with Gasteiger partial charge in [-0.3, -0.25) is 19.2 Å². The van der Waals surface area contributed by atoms with Crippen LogP contribution in [0.1, 0.15) is 66.2 Å². The maximum Gasteiger partial charge on any atom is 0.139 e. The van der Waals surface area contributed by atoms with E-state index in [0.717, 1.165) is 0 Å². The zero-order valence-electron chi connectivity index (χ0n) is 11.9. The van der Waals surface area contributed by atoms with Crippen molar-refractivity contribution in [3.8, 4) is 0 Å². The van der Waals surface area contributed by atoms with Gasteiger partial charge >= 0.3 is 0 Å². The van der Waals surface area contributed by atoms with E-state index in [-0.39, 0.29) is 36.0 Å². The van der Waals surface area contributed by atoms with Crippen molar-refractivity contribution in [3.63, 3.8) is 0 Å². The highest BCUT2D eigenvalue weighted by Gasteiger charge is 2.04. The van der Waals surface area contributed by atoms with Crippen LogP contribution >= 0.6 is 0 Å². The summed E-state index contributed by atoms with van der Waals surface area (Å²) in [7, 11) is 0. The maximum atomic E-state index is 10.6. The van der Waals surface area contributed by atoms with Crippen molar-refractivity contribution >= 4 is 23.1 Å². The average Bonchev–Trinajstić information content (AvgIpc) is 2.38. The molecule has 0 aromatic carbocycles. The van der Waals surface area contributed by atoms with Gasteiger partial charge < -0.3 is 0 Å². The first-order valence-electron chi connectivity index (χ1n) is 6.47. The van der Waals surface area contributed by atoms with Gasteiger partial charge in [-0.25, -0.2) is 0 Å². The van der Waals surface area contributed by atoms with E-state index < -0.39 is 0 Å². The molecule has 0 N–H and O–H groups in total. The van der Waals surface area contributed by atoms with E-state index in [4.69, 9.17) is 0 Å². The molecule has 0 saturated carbocycles. The highest BCUT2D eigenvalue weighted by molar-refractivity contribution is 5.99. The van der Waals surface area contributed by atoms with Crippen molar-refractivity contribution in [3.05, 3.63) is 0 Å². The SMILES string of the molecule is CCC(=O)CC(=O)CC.CCC(=O)CC(=O)CC. The molecule has 104 valence electrons. The second-order valence-electron chi connectivity index (χ2n) is 3.92. The second-order valence-corrected chi connectivity index (χ2v) is 3.92. The number of carbonyl (C=O) groups excluding carboxylic acids is 4. The molecule has 0 aromatic rings. The summed E-state index contributed by atoms with van der Waals surface area (Å²) in [5.74, 6) is 0.174. The Bertz CT molecular complexity index is 234. The summed E-state index contributed by atoms with van der Waals surface area (Å²) in [5.41, 5.74) is 0. The van der Waals surface area contributed by atoms with Gasteiger partial charge in [-0.1, -0.05) is 27.7 Å². The fourth-order valence-electron chi connectivity index (χ4n) is 0.940. The van der Waals surface area contributed by atoms with Crippen LogP contribution in [0.5, 0.6) is 0 Å². The van der Waals surface area contributed by atoms with Crippen LogP contribution in [0.15, 0.2) is 0 Å². The first-order valence-corrected chi connectivity index (χ1v) is 6.47. The molecule has 0 aliphatic rings. The van der Waals surface area contributed by atoms with Gasteiger partial charge in [0.2, 0.25) is 0 Å². The third-order valence-corrected chi connectivity index (χ3v) is 2.37. The van der Waals surface area contributed by atoms with E-state index in [1.165, 1.54) is 0 Å². The lowest BCUT2D eigenvalue weighted by atomic mass is 10.1. The molecule has 0 unspecified atom stereocenters. The molecular weight excluding hydrogens is 232 g/mol. The molecule has 0 radical (unpaired) electrons. The molecule has 0 fully saturated rings. The highest BCUT2D eigenvalue weighted by atomic mass is 16.2. The smallest absolute Gasteiger partial charge is 0.139 e. The summed E-state index contributed by atoms with van der Waals surface area (Å²) in [4.78, 5) is 42.2. The Kier molecular flexibility index (Phi) is 12.8. The van der Waals surface area contributed by atoms with Gasteiger partial charge in [0.05, 0.1) is 12.8 Å². The van der Waals surface area contributed by atoms with Crippen molar-refractivity contribution < 1.29 is 19.2 Å². The van der Waals surface area contributed by atoms with Gasteiger partial charge in [-0.2, -0.15) is 0 Å². The van der Waals surface area contributed by atoms with Gasteiger partial charge in [-0.15, -0.1) is 0 Å². The molecule has 4 nitrogen and oxygen atoms in total. The van der Waals surface area contributed by atoms with Crippen LogP contribution in [0.4, 0.5) is 0 Å². The minimum Gasteiger partial charge on any atom is -0.299 e. The molecule has 0 aromatic heterocycles. The van der Waals surface area contributed by atoms with Crippen molar-refractivity contribution in [2.24, 2.45) is 0 Å². The minimum absolute atomic E-state index is 0.0434. The number of rotatable bonds is 8. The van der Waals surface area contributed by atoms with Crippen molar-refractivity contribution in [2.75, 3.05) is 0 Å². The lowest BCUT2D eigenvalue weighted by Crippen LogP contribution is -2.04. The fourth-order valence-corrected chi connectivity index (χ4v) is 0.940. The molecule has 0 bridgehead atoms. The zero-order chi connectivity index (χ0) is 14.6. The van der Waals surface area contributed by atoms with Crippen molar-refractivity contribution in [2.45, 2.75) is 66.2 Å². The van der Waals surface area contributed by atoms with E-state index >= 15 is 0 Å². The van der Waals surface area contributed by atoms with Gasteiger partial charge in [-0.05, 0) is 0 Å². The topological polar surface area (TPSA) is 68.3 Å². The van der Waals surface area contributed by atoms with E-state index in [0.29, 0.717) is 25.7 Å². The number of hydrogen-bond acceptors (Lipinski definition) is 4. The first-order chi connectivity index (χ1) is 8.40. The lowest BCUT2D eigenvalue weighted by molar-refractivity contribution is -0.128. The third kappa shape index (κ3) is 12.7. The Hall–Kier alpha value is -1.32.